The van der Waals surface area contributed by atoms with Gasteiger partial charge in [-0.05, 0) is 37.1 Å². The van der Waals surface area contributed by atoms with E-state index in [1.165, 1.54) is 23.9 Å². The predicted molar refractivity (Wildman–Crippen MR) is 126 cm³/mol. The number of ether oxygens (including phenoxy) is 1. The number of thioether (sulfide) groups is 1. The summed E-state index contributed by atoms with van der Waals surface area (Å²) in [5, 5.41) is 4.56. The Morgan fingerprint density at radius 1 is 1.23 bits per heavy atom. The van der Waals surface area contributed by atoms with Gasteiger partial charge in [-0.1, -0.05) is 58.7 Å². The molecule has 0 saturated carbocycles. The number of nitrogens with zero attached hydrogens (tertiary/aromatic N) is 2. The number of aromatic nitrogens is 2. The van der Waals surface area contributed by atoms with Gasteiger partial charge in [0.15, 0.2) is 5.16 Å². The third-order valence-electron chi connectivity index (χ3n) is 4.84. The lowest BCUT2D eigenvalue weighted by Gasteiger charge is -2.16. The molecule has 0 aliphatic carbocycles. The number of halogens is 3. The lowest BCUT2D eigenvalue weighted by Crippen LogP contribution is -2.29. The number of para-hydroxylation sites is 1. The Bertz CT molecular complexity index is 1170. The monoisotopic (exact) mass is 497 g/mol. The van der Waals surface area contributed by atoms with Crippen molar-refractivity contribution in [1.29, 1.82) is 0 Å². The highest BCUT2D eigenvalue weighted by Crippen LogP contribution is 2.34. The molecule has 4 rings (SSSR count). The number of hydrogen-bond donors (Lipinski definition) is 1. The lowest BCUT2D eigenvalue weighted by molar-refractivity contribution is -0.113. The minimum absolute atomic E-state index is 0.0194. The van der Waals surface area contributed by atoms with Gasteiger partial charge in [0.05, 0.1) is 45.0 Å². The molecule has 1 fully saturated rings. The average molecular weight is 499 g/mol. The van der Waals surface area contributed by atoms with Crippen LogP contribution in [0.15, 0.2) is 46.3 Å². The zero-order valence-corrected chi connectivity index (χ0v) is 19.3. The van der Waals surface area contributed by atoms with Crippen LogP contribution in [0.5, 0.6) is 0 Å². The maximum absolute atomic E-state index is 13.1. The summed E-state index contributed by atoms with van der Waals surface area (Å²) in [6.45, 7) is 1.09. The second-order valence-corrected chi connectivity index (χ2v) is 9.24. The van der Waals surface area contributed by atoms with Crippen molar-refractivity contribution >= 4 is 69.1 Å². The minimum Gasteiger partial charge on any atom is -0.376 e. The van der Waals surface area contributed by atoms with Crippen LogP contribution in [-0.2, 0) is 16.1 Å². The van der Waals surface area contributed by atoms with E-state index in [-0.39, 0.29) is 33.4 Å². The molecule has 1 aromatic heterocycles. The molecular weight excluding hydrogens is 481 g/mol. The summed E-state index contributed by atoms with van der Waals surface area (Å²) in [5.41, 5.74) is 0.733. The van der Waals surface area contributed by atoms with Gasteiger partial charge in [0.1, 0.15) is 0 Å². The van der Waals surface area contributed by atoms with Crippen LogP contribution in [-0.4, -0.2) is 33.9 Å². The average Bonchev–Trinajstić information content (AvgIpc) is 3.25. The van der Waals surface area contributed by atoms with Crippen molar-refractivity contribution in [2.45, 2.75) is 30.6 Å². The largest absolute Gasteiger partial charge is 0.376 e. The summed E-state index contributed by atoms with van der Waals surface area (Å²) in [6, 6.07) is 10.2. The first kappa shape index (κ1) is 22.4. The predicted octanol–water partition coefficient (Wildman–Crippen LogP) is 5.27. The Kier molecular flexibility index (Phi) is 7.08. The van der Waals surface area contributed by atoms with E-state index < -0.39 is 0 Å². The highest BCUT2D eigenvalue weighted by molar-refractivity contribution is 7.99. The van der Waals surface area contributed by atoms with E-state index in [9.17, 15) is 9.59 Å². The molecule has 3 aromatic rings. The van der Waals surface area contributed by atoms with E-state index in [1.54, 1.807) is 16.7 Å². The molecule has 6 nitrogen and oxygen atoms in total. The second-order valence-electron chi connectivity index (χ2n) is 7.04. The minimum atomic E-state index is -0.331. The molecule has 1 unspecified atom stereocenters. The van der Waals surface area contributed by atoms with Crippen LogP contribution in [0.1, 0.15) is 12.8 Å². The van der Waals surface area contributed by atoms with E-state index in [1.807, 2.05) is 12.1 Å². The number of anilines is 1. The number of fused-ring (bicyclic) bond motifs is 1. The number of carbonyl (C=O) groups is 1. The van der Waals surface area contributed by atoms with E-state index >= 15 is 0 Å². The second kappa shape index (κ2) is 9.79. The fourth-order valence-electron chi connectivity index (χ4n) is 3.38. The highest BCUT2D eigenvalue weighted by atomic mass is 35.5. The summed E-state index contributed by atoms with van der Waals surface area (Å²) in [7, 11) is 0. The quantitative estimate of drug-likeness (QED) is 0.370. The normalized spacial score (nSPS) is 16.0. The van der Waals surface area contributed by atoms with Crippen molar-refractivity contribution in [3.05, 3.63) is 61.8 Å². The molecule has 31 heavy (non-hydrogen) atoms. The van der Waals surface area contributed by atoms with E-state index in [4.69, 9.17) is 39.5 Å². The molecule has 1 aliphatic rings. The van der Waals surface area contributed by atoms with Crippen molar-refractivity contribution in [3.8, 4) is 0 Å². The van der Waals surface area contributed by atoms with Gasteiger partial charge in [-0.25, -0.2) is 4.98 Å². The molecule has 1 amide bonds. The SMILES string of the molecule is O=C(CSc1nc2ccccc2c(=O)n1CC1CCCO1)Nc1c(Cl)cc(Cl)cc1Cl. The maximum atomic E-state index is 13.1. The Labute approximate surface area is 197 Å². The summed E-state index contributed by atoms with van der Waals surface area (Å²) < 4.78 is 7.30. The molecular formula is C21H18Cl3N3O3S. The standard InChI is InChI=1S/C21H18Cl3N3O3S/c22-12-8-15(23)19(16(24)9-12)26-18(28)11-31-21-25-17-6-2-1-5-14(17)20(29)27(21)10-13-4-3-7-30-13/h1-2,5-6,8-9,13H,3-4,7,10-11H2,(H,26,28). The number of carbonyl (C=O) groups excluding carboxylic acids is 1. The van der Waals surface area contributed by atoms with Gasteiger partial charge in [-0.2, -0.15) is 0 Å². The molecule has 1 N–H and O–H groups in total. The van der Waals surface area contributed by atoms with Gasteiger partial charge < -0.3 is 10.1 Å². The van der Waals surface area contributed by atoms with Gasteiger partial charge in [0.2, 0.25) is 5.91 Å². The smallest absolute Gasteiger partial charge is 0.262 e. The van der Waals surface area contributed by atoms with Crippen LogP contribution in [0.3, 0.4) is 0 Å². The van der Waals surface area contributed by atoms with Crippen molar-refractivity contribution in [3.63, 3.8) is 0 Å². The highest BCUT2D eigenvalue weighted by Gasteiger charge is 2.21. The van der Waals surface area contributed by atoms with Crippen LogP contribution in [0, 0.1) is 0 Å². The summed E-state index contributed by atoms with van der Waals surface area (Å²) in [5.74, 6) is -0.312. The Hall–Kier alpha value is -1.77. The first-order chi connectivity index (χ1) is 14.9. The molecule has 1 saturated heterocycles. The van der Waals surface area contributed by atoms with Crippen LogP contribution in [0.2, 0.25) is 15.1 Å². The molecule has 2 heterocycles. The van der Waals surface area contributed by atoms with E-state index in [0.29, 0.717) is 39.9 Å². The van der Waals surface area contributed by atoms with Crippen LogP contribution in [0.25, 0.3) is 10.9 Å². The van der Waals surface area contributed by atoms with Crippen molar-refractivity contribution in [2.24, 2.45) is 0 Å². The Balaban J connectivity index is 1.57. The summed E-state index contributed by atoms with van der Waals surface area (Å²) >= 11 is 19.4. The van der Waals surface area contributed by atoms with Gasteiger partial charge >= 0.3 is 0 Å². The Morgan fingerprint density at radius 3 is 2.68 bits per heavy atom. The zero-order chi connectivity index (χ0) is 22.0. The molecule has 1 atom stereocenters. The first-order valence-corrected chi connectivity index (χ1v) is 11.7. The number of benzene rings is 2. The third-order valence-corrected chi connectivity index (χ3v) is 6.63. The fourth-order valence-corrected chi connectivity index (χ4v) is 5.10. The van der Waals surface area contributed by atoms with Gasteiger partial charge in [-0.15, -0.1) is 0 Å². The maximum Gasteiger partial charge on any atom is 0.262 e. The van der Waals surface area contributed by atoms with Gasteiger partial charge in [0.25, 0.3) is 5.56 Å². The van der Waals surface area contributed by atoms with Crippen molar-refractivity contribution in [1.82, 2.24) is 9.55 Å². The van der Waals surface area contributed by atoms with Gasteiger partial charge in [0, 0.05) is 11.6 Å². The van der Waals surface area contributed by atoms with Crippen LogP contribution >= 0.6 is 46.6 Å². The summed E-state index contributed by atoms with van der Waals surface area (Å²) in [4.78, 5) is 30.3. The number of nitrogens with one attached hydrogen (secondary N) is 1. The fraction of sp³-hybridized carbons (Fsp3) is 0.286. The molecule has 2 aromatic carbocycles. The zero-order valence-electron chi connectivity index (χ0n) is 16.2. The molecule has 1 aliphatic heterocycles. The summed E-state index contributed by atoms with van der Waals surface area (Å²) in [6.07, 6.45) is 1.81. The lowest BCUT2D eigenvalue weighted by atomic mass is 10.2. The topological polar surface area (TPSA) is 73.2 Å². The van der Waals surface area contributed by atoms with Crippen LogP contribution < -0.4 is 10.9 Å². The van der Waals surface area contributed by atoms with Gasteiger partial charge in [-0.3, -0.25) is 14.2 Å². The molecule has 0 spiro atoms. The van der Waals surface area contributed by atoms with Crippen molar-refractivity contribution < 1.29 is 9.53 Å². The van der Waals surface area contributed by atoms with E-state index in [0.717, 1.165) is 12.8 Å². The van der Waals surface area contributed by atoms with Crippen molar-refractivity contribution in [2.75, 3.05) is 17.7 Å². The van der Waals surface area contributed by atoms with E-state index in [2.05, 4.69) is 10.3 Å². The third kappa shape index (κ3) is 5.18. The Morgan fingerprint density at radius 2 is 1.97 bits per heavy atom. The number of amides is 1. The van der Waals surface area contributed by atoms with Crippen LogP contribution in [0.4, 0.5) is 5.69 Å². The molecule has 10 heteroatoms. The molecule has 0 bridgehead atoms. The first-order valence-electron chi connectivity index (χ1n) is 9.61. The molecule has 0 radical (unpaired) electrons. The number of rotatable bonds is 6. The number of hydrogen-bond acceptors (Lipinski definition) is 5. The molecule has 162 valence electrons.